The summed E-state index contributed by atoms with van der Waals surface area (Å²) in [7, 11) is 0. The molecule has 1 heterocycles. The summed E-state index contributed by atoms with van der Waals surface area (Å²) in [5, 5.41) is 4.65. The molecule has 2 aromatic rings. The van der Waals surface area contributed by atoms with Gasteiger partial charge < -0.3 is 15.0 Å². The van der Waals surface area contributed by atoms with E-state index in [1.54, 1.807) is 4.90 Å². The molecule has 1 fully saturated rings. The fourth-order valence-corrected chi connectivity index (χ4v) is 3.60. The van der Waals surface area contributed by atoms with Crippen molar-refractivity contribution in [3.05, 3.63) is 48.0 Å². The van der Waals surface area contributed by atoms with Gasteiger partial charge in [-0.25, -0.2) is 0 Å². The number of carbonyl (C=O) groups excluding carboxylic acids is 3. The quantitative estimate of drug-likeness (QED) is 0.779. The van der Waals surface area contributed by atoms with Crippen LogP contribution in [0.15, 0.2) is 42.5 Å². The van der Waals surface area contributed by atoms with Crippen LogP contribution < -0.4 is 5.32 Å². The summed E-state index contributed by atoms with van der Waals surface area (Å²) in [5.74, 6) is -1.05. The molecule has 1 aliphatic heterocycles. The minimum atomic E-state index is -0.607. The zero-order chi connectivity index (χ0) is 19.9. The van der Waals surface area contributed by atoms with Crippen molar-refractivity contribution in [1.29, 1.82) is 0 Å². The number of esters is 1. The van der Waals surface area contributed by atoms with Gasteiger partial charge in [-0.05, 0) is 42.5 Å². The molecule has 1 saturated heterocycles. The molecule has 2 aromatic carbocycles. The minimum Gasteiger partial charge on any atom is -0.454 e. The van der Waals surface area contributed by atoms with Gasteiger partial charge in [0.25, 0.3) is 5.91 Å². The Labute approximate surface area is 164 Å². The average molecular weight is 382 g/mol. The molecule has 28 heavy (non-hydrogen) atoms. The highest BCUT2D eigenvalue weighted by molar-refractivity contribution is 5.91. The van der Waals surface area contributed by atoms with Gasteiger partial charge in [-0.2, -0.15) is 0 Å². The van der Waals surface area contributed by atoms with E-state index in [0.29, 0.717) is 6.54 Å². The number of fused-ring (bicyclic) bond motifs is 1. The molecule has 0 saturated carbocycles. The first-order valence-corrected chi connectivity index (χ1v) is 9.73. The maximum Gasteiger partial charge on any atom is 0.325 e. The number of rotatable bonds is 6. The third-order valence-corrected chi connectivity index (χ3v) is 5.14. The summed E-state index contributed by atoms with van der Waals surface area (Å²) in [6.45, 7) is 2.19. The summed E-state index contributed by atoms with van der Waals surface area (Å²) in [5.41, 5.74) is 0.901. The Morgan fingerprint density at radius 1 is 1.11 bits per heavy atom. The van der Waals surface area contributed by atoms with Gasteiger partial charge in [-0.1, -0.05) is 42.5 Å². The van der Waals surface area contributed by atoms with Crippen LogP contribution in [0.4, 0.5) is 0 Å². The summed E-state index contributed by atoms with van der Waals surface area (Å²) < 4.78 is 5.03. The number of piperidine rings is 1. The highest BCUT2D eigenvalue weighted by Crippen LogP contribution is 2.19. The van der Waals surface area contributed by atoms with E-state index in [4.69, 9.17) is 4.74 Å². The molecule has 6 nitrogen and oxygen atoms in total. The van der Waals surface area contributed by atoms with Crippen molar-refractivity contribution in [3.63, 3.8) is 0 Å². The van der Waals surface area contributed by atoms with E-state index < -0.39 is 5.97 Å². The fourth-order valence-electron chi connectivity index (χ4n) is 3.60. The lowest BCUT2D eigenvalue weighted by atomic mass is 10.0. The second kappa shape index (κ2) is 9.35. The van der Waals surface area contributed by atoms with Crippen LogP contribution in [0.25, 0.3) is 10.8 Å². The number of ether oxygens (including phenoxy) is 1. The molecule has 1 aliphatic rings. The molecule has 3 rings (SSSR count). The SMILES string of the molecule is C[C@H]1CCCCN1C(=O)COC(=O)CNC(=O)Cc1cccc2ccccc12. The lowest BCUT2D eigenvalue weighted by molar-refractivity contribution is -0.153. The van der Waals surface area contributed by atoms with Gasteiger partial charge in [0.05, 0.1) is 6.42 Å². The first-order chi connectivity index (χ1) is 13.5. The Morgan fingerprint density at radius 3 is 2.71 bits per heavy atom. The number of benzene rings is 2. The zero-order valence-corrected chi connectivity index (χ0v) is 16.1. The number of nitrogens with one attached hydrogen (secondary N) is 1. The van der Waals surface area contributed by atoms with Crippen LogP contribution in [0.3, 0.4) is 0 Å². The lowest BCUT2D eigenvalue weighted by Crippen LogP contribution is -2.44. The molecular weight excluding hydrogens is 356 g/mol. The topological polar surface area (TPSA) is 75.7 Å². The molecule has 0 unspecified atom stereocenters. The normalized spacial score (nSPS) is 16.6. The molecule has 1 atom stereocenters. The van der Waals surface area contributed by atoms with Gasteiger partial charge in [0.15, 0.2) is 6.61 Å². The van der Waals surface area contributed by atoms with Crippen LogP contribution in [-0.4, -0.2) is 48.4 Å². The number of amides is 2. The van der Waals surface area contributed by atoms with Crippen molar-refractivity contribution in [2.45, 2.75) is 38.6 Å². The van der Waals surface area contributed by atoms with E-state index in [-0.39, 0.29) is 37.4 Å². The predicted molar refractivity (Wildman–Crippen MR) is 107 cm³/mol. The van der Waals surface area contributed by atoms with Crippen molar-refractivity contribution < 1.29 is 19.1 Å². The number of nitrogens with zero attached hydrogens (tertiary/aromatic N) is 1. The van der Waals surface area contributed by atoms with Crippen molar-refractivity contribution in [1.82, 2.24) is 10.2 Å². The van der Waals surface area contributed by atoms with E-state index in [0.717, 1.165) is 35.6 Å². The Morgan fingerprint density at radius 2 is 1.89 bits per heavy atom. The molecule has 0 aliphatic carbocycles. The molecule has 6 heteroatoms. The third kappa shape index (κ3) is 5.09. The van der Waals surface area contributed by atoms with Crippen LogP contribution in [0.5, 0.6) is 0 Å². The van der Waals surface area contributed by atoms with Gasteiger partial charge >= 0.3 is 5.97 Å². The monoisotopic (exact) mass is 382 g/mol. The van der Waals surface area contributed by atoms with E-state index in [9.17, 15) is 14.4 Å². The maximum atomic E-state index is 12.2. The van der Waals surface area contributed by atoms with Crippen LogP contribution >= 0.6 is 0 Å². The molecule has 0 radical (unpaired) electrons. The van der Waals surface area contributed by atoms with E-state index in [2.05, 4.69) is 5.32 Å². The Balaban J connectivity index is 1.44. The highest BCUT2D eigenvalue weighted by Gasteiger charge is 2.23. The first kappa shape index (κ1) is 19.9. The standard InChI is InChI=1S/C22H26N2O4/c1-16-7-4-5-12-24(16)21(26)15-28-22(27)14-23-20(25)13-18-10-6-9-17-8-2-3-11-19(17)18/h2-3,6,8-11,16H,4-5,7,12-15H2,1H3,(H,23,25)/t16-/m0/s1. The van der Waals surface area contributed by atoms with Crippen molar-refractivity contribution in [2.75, 3.05) is 19.7 Å². The lowest BCUT2D eigenvalue weighted by Gasteiger charge is -2.33. The van der Waals surface area contributed by atoms with Gasteiger partial charge in [0.1, 0.15) is 6.54 Å². The number of likely N-dealkylation sites (tertiary alicyclic amines) is 1. The number of hydrogen-bond donors (Lipinski definition) is 1. The number of carbonyl (C=O) groups is 3. The van der Waals surface area contributed by atoms with Gasteiger partial charge in [0.2, 0.25) is 5.91 Å². The zero-order valence-electron chi connectivity index (χ0n) is 16.1. The van der Waals surface area contributed by atoms with Crippen molar-refractivity contribution in [3.8, 4) is 0 Å². The first-order valence-electron chi connectivity index (χ1n) is 9.73. The van der Waals surface area contributed by atoms with Crippen LogP contribution in [0.1, 0.15) is 31.7 Å². The summed E-state index contributed by atoms with van der Waals surface area (Å²) in [6.07, 6.45) is 3.25. The minimum absolute atomic E-state index is 0.178. The molecular formula is C22H26N2O4. The van der Waals surface area contributed by atoms with Crippen molar-refractivity contribution >= 4 is 28.6 Å². The van der Waals surface area contributed by atoms with E-state index in [1.807, 2.05) is 49.4 Å². The van der Waals surface area contributed by atoms with Crippen LogP contribution in [-0.2, 0) is 25.5 Å². The van der Waals surface area contributed by atoms with Crippen LogP contribution in [0, 0.1) is 0 Å². The Kier molecular flexibility index (Phi) is 6.63. The van der Waals surface area contributed by atoms with Gasteiger partial charge in [-0.15, -0.1) is 0 Å². The molecule has 1 N–H and O–H groups in total. The molecule has 148 valence electrons. The largest absolute Gasteiger partial charge is 0.454 e. The van der Waals surface area contributed by atoms with E-state index >= 15 is 0 Å². The third-order valence-electron chi connectivity index (χ3n) is 5.14. The van der Waals surface area contributed by atoms with Gasteiger partial charge in [0, 0.05) is 12.6 Å². The summed E-state index contributed by atoms with van der Waals surface area (Å²) in [4.78, 5) is 38.0. The predicted octanol–water partition coefficient (Wildman–Crippen LogP) is 2.44. The molecule has 0 aromatic heterocycles. The molecule has 2 amide bonds. The fraction of sp³-hybridized carbons (Fsp3) is 0.409. The van der Waals surface area contributed by atoms with E-state index in [1.165, 1.54) is 0 Å². The van der Waals surface area contributed by atoms with Gasteiger partial charge in [-0.3, -0.25) is 14.4 Å². The highest BCUT2D eigenvalue weighted by atomic mass is 16.5. The molecule has 0 bridgehead atoms. The second-order valence-electron chi connectivity index (χ2n) is 7.18. The second-order valence-corrected chi connectivity index (χ2v) is 7.18. The Bertz CT molecular complexity index is 859. The average Bonchev–Trinajstić information content (AvgIpc) is 2.71. The number of hydrogen-bond acceptors (Lipinski definition) is 4. The maximum absolute atomic E-state index is 12.2. The summed E-state index contributed by atoms with van der Waals surface area (Å²) in [6, 6.07) is 13.8. The molecule has 0 spiro atoms. The van der Waals surface area contributed by atoms with Crippen molar-refractivity contribution in [2.24, 2.45) is 0 Å². The summed E-state index contributed by atoms with van der Waals surface area (Å²) >= 11 is 0. The Hall–Kier alpha value is -2.89. The van der Waals surface area contributed by atoms with Crippen LogP contribution in [0.2, 0.25) is 0 Å². The smallest absolute Gasteiger partial charge is 0.325 e.